The van der Waals surface area contributed by atoms with Crippen LogP contribution < -0.4 is 9.47 Å². The highest BCUT2D eigenvalue weighted by Crippen LogP contribution is 2.42. The molecule has 13 nitrogen and oxygen atoms in total. The van der Waals surface area contributed by atoms with Crippen molar-refractivity contribution in [2.45, 2.75) is 20.0 Å². The van der Waals surface area contributed by atoms with Crippen molar-refractivity contribution in [1.82, 2.24) is 4.90 Å². The van der Waals surface area contributed by atoms with Crippen molar-refractivity contribution in [3.63, 3.8) is 0 Å². The maximum Gasteiger partial charge on any atom is 0.326 e. The Balaban J connectivity index is 1.98. The third-order valence-electron chi connectivity index (χ3n) is 4.61. The number of imide groups is 1. The highest BCUT2D eigenvalue weighted by Gasteiger charge is 2.37. The van der Waals surface area contributed by atoms with Gasteiger partial charge in [-0.05, 0) is 43.8 Å². The van der Waals surface area contributed by atoms with Crippen LogP contribution in [0.1, 0.15) is 19.4 Å². The third kappa shape index (κ3) is 5.78. The highest BCUT2D eigenvalue weighted by atomic mass is 32.2. The molecule has 0 bridgehead atoms. The summed E-state index contributed by atoms with van der Waals surface area (Å²) in [4.78, 5) is 58.7. The minimum atomic E-state index is -0.834. The summed E-state index contributed by atoms with van der Waals surface area (Å²) in [5, 5.41) is 21.8. The van der Waals surface area contributed by atoms with Crippen LogP contribution >= 0.6 is 11.8 Å². The van der Waals surface area contributed by atoms with Crippen molar-refractivity contribution in [3.05, 3.63) is 67.1 Å². The lowest BCUT2D eigenvalue weighted by Crippen LogP contribution is -2.35. The van der Waals surface area contributed by atoms with Crippen molar-refractivity contribution >= 4 is 46.3 Å². The molecule has 0 unspecified atom stereocenters. The Kier molecular flexibility index (Phi) is 7.89. The topological polar surface area (TPSA) is 168 Å². The lowest BCUT2D eigenvalue weighted by Gasteiger charge is -2.14. The largest absolute Gasteiger partial charge is 0.493 e. The Morgan fingerprint density at radius 1 is 1.11 bits per heavy atom. The monoisotopic (exact) mass is 517 g/mol. The molecule has 14 heteroatoms. The summed E-state index contributed by atoms with van der Waals surface area (Å²) in [7, 11) is 1.32. The fraction of sp³-hybridized carbons (Fsp3) is 0.227. The van der Waals surface area contributed by atoms with Crippen LogP contribution in [0.3, 0.4) is 0 Å². The SMILES string of the molecule is COc1cccc(/C=C2/SC(=O)N(CC(=O)OC(C)C)C2=O)c1Oc1ccc([N+](=O)[O-])cc1[N+](=O)[O-]. The van der Waals surface area contributed by atoms with Crippen LogP contribution in [0.5, 0.6) is 17.2 Å². The first-order chi connectivity index (χ1) is 17.0. The second-order valence-electron chi connectivity index (χ2n) is 7.45. The maximum atomic E-state index is 12.8. The van der Waals surface area contributed by atoms with Gasteiger partial charge in [-0.3, -0.25) is 39.5 Å². The molecule has 0 N–H and O–H groups in total. The minimum absolute atomic E-state index is 0.0337. The number of hydrogen-bond donors (Lipinski definition) is 0. The Morgan fingerprint density at radius 2 is 1.83 bits per heavy atom. The lowest BCUT2D eigenvalue weighted by atomic mass is 10.1. The summed E-state index contributed by atoms with van der Waals surface area (Å²) in [6.45, 7) is 2.70. The van der Waals surface area contributed by atoms with E-state index in [1.807, 2.05) is 0 Å². The molecule has 0 aliphatic carbocycles. The average Bonchev–Trinajstić information content (AvgIpc) is 3.06. The van der Waals surface area contributed by atoms with Crippen molar-refractivity contribution in [1.29, 1.82) is 0 Å². The summed E-state index contributed by atoms with van der Waals surface area (Å²) < 4.78 is 16.0. The number of amides is 2. The Labute approximate surface area is 207 Å². The van der Waals surface area contributed by atoms with E-state index >= 15 is 0 Å². The first-order valence-corrected chi connectivity index (χ1v) is 11.1. The number of nitro groups is 2. The smallest absolute Gasteiger partial charge is 0.326 e. The second kappa shape index (κ2) is 10.9. The van der Waals surface area contributed by atoms with E-state index in [1.54, 1.807) is 19.9 Å². The van der Waals surface area contributed by atoms with E-state index in [0.717, 1.165) is 23.1 Å². The van der Waals surface area contributed by atoms with Crippen LogP contribution in [0.15, 0.2) is 41.3 Å². The van der Waals surface area contributed by atoms with Gasteiger partial charge < -0.3 is 14.2 Å². The zero-order valence-corrected chi connectivity index (χ0v) is 20.0. The first-order valence-electron chi connectivity index (χ1n) is 10.2. The molecule has 0 saturated carbocycles. The zero-order chi connectivity index (χ0) is 26.6. The number of carbonyl (C=O) groups is 3. The number of nitrogens with zero attached hydrogens (tertiary/aromatic N) is 3. The van der Waals surface area contributed by atoms with Gasteiger partial charge in [0.2, 0.25) is 5.75 Å². The fourth-order valence-electron chi connectivity index (χ4n) is 3.08. The van der Waals surface area contributed by atoms with Gasteiger partial charge in [0.05, 0.1) is 34.0 Å². The van der Waals surface area contributed by atoms with Crippen molar-refractivity contribution in [3.8, 4) is 17.2 Å². The molecule has 2 aromatic carbocycles. The van der Waals surface area contributed by atoms with Gasteiger partial charge in [0.1, 0.15) is 6.54 Å². The number of nitro benzene ring substituents is 2. The van der Waals surface area contributed by atoms with Gasteiger partial charge in [0.15, 0.2) is 11.5 Å². The molecule has 1 fully saturated rings. The van der Waals surface area contributed by atoms with Crippen LogP contribution in [0.4, 0.5) is 16.2 Å². The van der Waals surface area contributed by atoms with Crippen LogP contribution in [-0.2, 0) is 14.3 Å². The molecule has 188 valence electrons. The van der Waals surface area contributed by atoms with E-state index in [-0.39, 0.29) is 27.7 Å². The molecule has 0 aromatic heterocycles. The molecule has 0 atom stereocenters. The van der Waals surface area contributed by atoms with Crippen molar-refractivity contribution in [2.24, 2.45) is 0 Å². The standard InChI is InChI=1S/C22H19N3O10S/c1-12(2)34-19(26)11-23-21(27)18(36-22(23)28)9-13-5-4-6-17(33-3)20(13)35-16-8-7-14(24(29)30)10-15(16)25(31)32/h4-10,12H,11H2,1-3H3/b18-9+. The third-order valence-corrected chi connectivity index (χ3v) is 5.51. The van der Waals surface area contributed by atoms with Gasteiger partial charge in [0, 0.05) is 11.6 Å². The molecule has 0 radical (unpaired) electrons. The molecule has 0 spiro atoms. The van der Waals surface area contributed by atoms with Gasteiger partial charge >= 0.3 is 11.7 Å². The fourth-order valence-corrected chi connectivity index (χ4v) is 3.91. The molecule has 2 amide bonds. The molecule has 1 aliphatic rings. The first kappa shape index (κ1) is 26.2. The van der Waals surface area contributed by atoms with Crippen LogP contribution in [0.2, 0.25) is 0 Å². The molecular formula is C22H19N3O10S. The van der Waals surface area contributed by atoms with E-state index in [0.29, 0.717) is 11.8 Å². The van der Waals surface area contributed by atoms with Crippen molar-refractivity contribution < 1.29 is 38.4 Å². The summed E-state index contributed by atoms with van der Waals surface area (Å²) in [6, 6.07) is 7.44. The molecule has 1 saturated heterocycles. The zero-order valence-electron chi connectivity index (χ0n) is 19.2. The van der Waals surface area contributed by atoms with Gasteiger partial charge in [-0.15, -0.1) is 0 Å². The molecule has 2 aromatic rings. The summed E-state index contributed by atoms with van der Waals surface area (Å²) in [5.41, 5.74) is -0.943. The lowest BCUT2D eigenvalue weighted by molar-refractivity contribution is -0.394. The van der Waals surface area contributed by atoms with E-state index in [1.165, 1.54) is 25.3 Å². The number of non-ortho nitro benzene ring substituents is 1. The van der Waals surface area contributed by atoms with E-state index < -0.39 is 51.0 Å². The molecule has 3 rings (SSSR count). The van der Waals surface area contributed by atoms with Crippen LogP contribution in [-0.4, -0.2) is 51.6 Å². The van der Waals surface area contributed by atoms with Crippen LogP contribution in [0, 0.1) is 20.2 Å². The Bertz CT molecular complexity index is 1290. The number of thioether (sulfide) groups is 1. The van der Waals surface area contributed by atoms with E-state index in [2.05, 4.69) is 0 Å². The highest BCUT2D eigenvalue weighted by molar-refractivity contribution is 8.18. The molecule has 36 heavy (non-hydrogen) atoms. The Morgan fingerprint density at radius 3 is 2.44 bits per heavy atom. The number of ether oxygens (including phenoxy) is 3. The predicted octanol–water partition coefficient (Wildman–Crippen LogP) is 4.29. The van der Waals surface area contributed by atoms with E-state index in [9.17, 15) is 34.6 Å². The number of methoxy groups -OCH3 is 1. The average molecular weight is 517 g/mol. The number of carbonyl (C=O) groups excluding carboxylic acids is 3. The second-order valence-corrected chi connectivity index (χ2v) is 8.45. The van der Waals surface area contributed by atoms with Gasteiger partial charge in [-0.1, -0.05) is 12.1 Å². The number of benzene rings is 2. The molecular weight excluding hydrogens is 498 g/mol. The predicted molar refractivity (Wildman–Crippen MR) is 127 cm³/mol. The number of para-hydroxylation sites is 1. The van der Waals surface area contributed by atoms with Gasteiger partial charge in [0.25, 0.3) is 16.8 Å². The normalized spacial score (nSPS) is 14.3. The Hall–Kier alpha value is -4.46. The summed E-state index contributed by atoms with van der Waals surface area (Å²) >= 11 is 0.590. The quantitative estimate of drug-likeness (QED) is 0.201. The van der Waals surface area contributed by atoms with Gasteiger partial charge in [-0.2, -0.15) is 0 Å². The summed E-state index contributed by atoms with van der Waals surface area (Å²) in [6.07, 6.45) is 0.890. The molecule has 1 heterocycles. The van der Waals surface area contributed by atoms with Crippen molar-refractivity contribution in [2.75, 3.05) is 13.7 Å². The maximum absolute atomic E-state index is 12.8. The van der Waals surface area contributed by atoms with Gasteiger partial charge in [-0.25, -0.2) is 0 Å². The molecule has 1 aliphatic heterocycles. The van der Waals surface area contributed by atoms with E-state index in [4.69, 9.17) is 14.2 Å². The number of hydrogen-bond acceptors (Lipinski definition) is 11. The number of esters is 1. The number of rotatable bonds is 9. The summed E-state index contributed by atoms with van der Waals surface area (Å²) in [5.74, 6) is -1.70. The van der Waals surface area contributed by atoms with Crippen LogP contribution in [0.25, 0.3) is 6.08 Å². The minimum Gasteiger partial charge on any atom is -0.493 e.